The normalized spacial score (nSPS) is 34.2. The Morgan fingerprint density at radius 1 is 0.850 bits per heavy atom. The van der Waals surface area contributed by atoms with Crippen molar-refractivity contribution in [2.75, 3.05) is 18.9 Å². The number of hydrogen-bond acceptors (Lipinski definition) is 17. The van der Waals surface area contributed by atoms with Gasteiger partial charge in [0.05, 0.1) is 19.5 Å². The molecule has 0 bridgehead atoms. The smallest absolute Gasteiger partial charge is 0.387 e. The van der Waals surface area contributed by atoms with Crippen LogP contribution in [0.15, 0.2) is 12.7 Å². The van der Waals surface area contributed by atoms with Gasteiger partial charge in [-0.25, -0.2) is 28.6 Å². The van der Waals surface area contributed by atoms with Crippen LogP contribution in [0.3, 0.4) is 0 Å². The second-order valence-electron chi connectivity index (χ2n) is 8.36. The van der Waals surface area contributed by atoms with E-state index >= 15 is 0 Å². The van der Waals surface area contributed by atoms with Gasteiger partial charge in [-0.05, 0) is 0 Å². The minimum atomic E-state index is -5.44. The Balaban J connectivity index is 1.32. The third-order valence-electron chi connectivity index (χ3n) is 5.57. The van der Waals surface area contributed by atoms with Crippen LogP contribution in [0.25, 0.3) is 11.2 Å². The van der Waals surface area contributed by atoms with E-state index in [1.54, 1.807) is 0 Å². The first-order valence-electron chi connectivity index (χ1n) is 10.8. The summed E-state index contributed by atoms with van der Waals surface area (Å²) in [5.41, 5.74) is 6.03. The number of nitrogens with zero attached hydrogens (tertiary/aromatic N) is 4. The molecule has 2 saturated heterocycles. The molecule has 0 aromatic carbocycles. The Bertz CT molecular complexity index is 1360. The number of ether oxygens (including phenoxy) is 2. The van der Waals surface area contributed by atoms with E-state index < -0.39 is 85.8 Å². The number of fused-ring (bicyclic) bond motifs is 1. The average Bonchev–Trinajstić information content (AvgIpc) is 3.47. The van der Waals surface area contributed by atoms with Crippen LogP contribution in [0, 0.1) is 0 Å². The van der Waals surface area contributed by atoms with E-state index in [4.69, 9.17) is 25.0 Å². The number of imidazole rings is 1. The van der Waals surface area contributed by atoms with E-state index in [2.05, 4.69) is 32.8 Å². The monoisotopic (exact) mass is 639 g/mol. The van der Waals surface area contributed by atoms with Crippen LogP contribution in [0.4, 0.5) is 5.82 Å². The Morgan fingerprint density at radius 2 is 1.43 bits per heavy atom. The predicted octanol–water partition coefficient (Wildman–Crippen LogP) is -3.17. The molecular weight excluding hydrogens is 615 g/mol. The van der Waals surface area contributed by atoms with Gasteiger partial charge in [0.15, 0.2) is 24.0 Å². The number of anilines is 1. The molecule has 3 unspecified atom stereocenters. The number of phosphoric ester groups is 3. The molecule has 10 atom stereocenters. The van der Waals surface area contributed by atoms with Crippen molar-refractivity contribution in [2.24, 2.45) is 0 Å². The van der Waals surface area contributed by atoms with Crippen molar-refractivity contribution in [3.05, 3.63) is 12.7 Å². The highest BCUT2D eigenvalue weighted by Gasteiger charge is 2.49. The Morgan fingerprint density at radius 3 is 2.02 bits per heavy atom. The number of aliphatic hydroxyl groups is 4. The van der Waals surface area contributed by atoms with Crippen molar-refractivity contribution >= 4 is 40.4 Å². The first-order chi connectivity index (χ1) is 18.5. The van der Waals surface area contributed by atoms with E-state index in [0.717, 1.165) is 6.33 Å². The molecule has 2 aliphatic heterocycles. The summed E-state index contributed by atoms with van der Waals surface area (Å²) in [5, 5.41) is 40.3. The van der Waals surface area contributed by atoms with Crippen LogP contribution in [0.2, 0.25) is 0 Å². The van der Waals surface area contributed by atoms with Crippen LogP contribution in [-0.4, -0.2) is 116 Å². The quantitative estimate of drug-likeness (QED) is 0.109. The molecular formula is C15H24N5O17P3. The van der Waals surface area contributed by atoms with Crippen molar-refractivity contribution in [1.82, 2.24) is 19.5 Å². The SMILES string of the molecule is Nc1ncnc2c1ncn2[C@@H]1O[C@H](COP(=O)(O)OP(=O)(O)OC[C@H]2OC(OP(=O)(O)O)[C@H](O)[C@@H]2O)[C@@H](O)[C@H]1O. The van der Waals surface area contributed by atoms with Crippen LogP contribution < -0.4 is 5.73 Å². The number of phosphoric acid groups is 3. The predicted molar refractivity (Wildman–Crippen MR) is 122 cm³/mol. The number of rotatable bonds is 11. The van der Waals surface area contributed by atoms with E-state index in [1.165, 1.54) is 10.9 Å². The Hall–Kier alpha value is -1.52. The highest BCUT2D eigenvalue weighted by atomic mass is 31.3. The molecule has 226 valence electrons. The zero-order chi connectivity index (χ0) is 29.6. The van der Waals surface area contributed by atoms with Crippen LogP contribution in [0.1, 0.15) is 6.23 Å². The van der Waals surface area contributed by atoms with Crippen molar-refractivity contribution in [3.8, 4) is 0 Å². The van der Waals surface area contributed by atoms with E-state index in [1.807, 2.05) is 0 Å². The number of aliphatic hydroxyl groups excluding tert-OH is 4. The van der Waals surface area contributed by atoms with Gasteiger partial charge in [0.2, 0.25) is 0 Å². The summed E-state index contributed by atoms with van der Waals surface area (Å²) in [5.74, 6) is 0.0326. The molecule has 22 nitrogen and oxygen atoms in total. The lowest BCUT2D eigenvalue weighted by Crippen LogP contribution is -2.34. The van der Waals surface area contributed by atoms with Gasteiger partial charge in [-0.1, -0.05) is 0 Å². The lowest BCUT2D eigenvalue weighted by atomic mass is 10.1. The summed E-state index contributed by atoms with van der Waals surface area (Å²) < 4.78 is 64.1. The molecule has 2 aromatic heterocycles. The van der Waals surface area contributed by atoms with Gasteiger partial charge in [-0.15, -0.1) is 0 Å². The maximum atomic E-state index is 12.2. The lowest BCUT2D eigenvalue weighted by Gasteiger charge is -2.20. The summed E-state index contributed by atoms with van der Waals surface area (Å²) in [4.78, 5) is 49.0. The molecule has 0 radical (unpaired) electrons. The highest BCUT2D eigenvalue weighted by Crippen LogP contribution is 2.60. The Kier molecular flexibility index (Phi) is 9.14. The molecule has 4 rings (SSSR count). The highest BCUT2D eigenvalue weighted by molar-refractivity contribution is 7.61. The maximum Gasteiger partial charge on any atom is 0.481 e. The van der Waals surface area contributed by atoms with Gasteiger partial charge >= 0.3 is 23.5 Å². The van der Waals surface area contributed by atoms with E-state index in [0.29, 0.717) is 0 Å². The average molecular weight is 639 g/mol. The molecule has 40 heavy (non-hydrogen) atoms. The first-order valence-corrected chi connectivity index (χ1v) is 15.4. The summed E-state index contributed by atoms with van der Waals surface area (Å²) in [6, 6.07) is 0. The fourth-order valence-corrected chi connectivity index (χ4v) is 6.28. The second kappa shape index (κ2) is 11.6. The van der Waals surface area contributed by atoms with Crippen molar-refractivity contribution in [1.29, 1.82) is 0 Å². The van der Waals surface area contributed by atoms with Crippen molar-refractivity contribution < 1.29 is 81.1 Å². The van der Waals surface area contributed by atoms with Crippen LogP contribution in [0.5, 0.6) is 0 Å². The second-order valence-corrected chi connectivity index (χ2v) is 12.6. The van der Waals surface area contributed by atoms with Gasteiger partial charge in [-0.3, -0.25) is 18.1 Å². The molecule has 2 aromatic rings. The molecule has 0 aliphatic carbocycles. The molecule has 0 spiro atoms. The number of nitrogen functional groups attached to an aromatic ring is 1. The van der Waals surface area contributed by atoms with Crippen LogP contribution >= 0.6 is 23.5 Å². The topological polar surface area (TPSA) is 338 Å². The molecule has 10 N–H and O–H groups in total. The largest absolute Gasteiger partial charge is 0.481 e. The third-order valence-corrected chi connectivity index (χ3v) is 8.65. The molecule has 25 heteroatoms. The van der Waals surface area contributed by atoms with E-state index in [9.17, 15) is 43.9 Å². The summed E-state index contributed by atoms with van der Waals surface area (Å²) in [6.07, 6.45) is -11.4. The summed E-state index contributed by atoms with van der Waals surface area (Å²) in [7, 11) is -16.0. The minimum Gasteiger partial charge on any atom is -0.387 e. The minimum absolute atomic E-state index is 0.0326. The molecule has 2 aliphatic rings. The molecule has 4 heterocycles. The standard InChI is InChI=1S/C15H24N5O17P3/c16-12-7-13(18-3-17-12)20(4-19-7)14-10(23)8(21)5(34-14)1-32-39(28,29)37-40(30,31)33-2-6-9(22)11(24)15(35-6)36-38(25,26)27/h3-6,8-11,14-15,21-24H,1-2H2,(H,28,29)(H,30,31)(H2,16,17,18)(H2,25,26,27)/t5-,6-,8-,9-,10-,11-,14-,15?/m1/s1. The number of hydrogen-bond donors (Lipinski definition) is 9. The van der Waals surface area contributed by atoms with Gasteiger partial charge in [0, 0.05) is 0 Å². The molecule has 0 amide bonds. The summed E-state index contributed by atoms with van der Waals surface area (Å²) >= 11 is 0. The third kappa shape index (κ3) is 7.09. The van der Waals surface area contributed by atoms with Gasteiger partial charge in [-0.2, -0.15) is 4.31 Å². The molecule has 2 fully saturated rings. The first kappa shape index (κ1) is 31.4. The fourth-order valence-electron chi connectivity index (χ4n) is 3.74. The summed E-state index contributed by atoms with van der Waals surface area (Å²) in [6.45, 7) is -2.03. The zero-order valence-corrected chi connectivity index (χ0v) is 22.3. The van der Waals surface area contributed by atoms with Crippen molar-refractivity contribution in [3.63, 3.8) is 0 Å². The van der Waals surface area contributed by atoms with Gasteiger partial charge in [0.1, 0.15) is 48.5 Å². The number of aromatic nitrogens is 4. The van der Waals surface area contributed by atoms with E-state index in [-0.39, 0.29) is 17.0 Å². The number of nitrogens with two attached hydrogens (primary N) is 1. The molecule has 0 saturated carbocycles. The lowest BCUT2D eigenvalue weighted by molar-refractivity contribution is -0.125. The Labute approximate surface area is 222 Å². The maximum absolute atomic E-state index is 12.2. The zero-order valence-electron chi connectivity index (χ0n) is 19.6. The van der Waals surface area contributed by atoms with Crippen molar-refractivity contribution in [2.45, 2.75) is 49.1 Å². The van der Waals surface area contributed by atoms with Gasteiger partial charge in [0.25, 0.3) is 0 Å². The fraction of sp³-hybridized carbons (Fsp3) is 0.667. The van der Waals surface area contributed by atoms with Gasteiger partial charge < -0.3 is 55.2 Å². The van der Waals surface area contributed by atoms with Crippen LogP contribution in [-0.2, 0) is 41.1 Å².